The summed E-state index contributed by atoms with van der Waals surface area (Å²) in [6.07, 6.45) is 19.2. The predicted molar refractivity (Wildman–Crippen MR) is 98.5 cm³/mol. The van der Waals surface area contributed by atoms with Gasteiger partial charge in [-0.05, 0) is 32.1 Å². The lowest BCUT2D eigenvalue weighted by Gasteiger charge is -2.19. The van der Waals surface area contributed by atoms with E-state index < -0.39 is 0 Å². The van der Waals surface area contributed by atoms with Gasteiger partial charge in [-0.2, -0.15) is 0 Å². The summed E-state index contributed by atoms with van der Waals surface area (Å²) in [5.41, 5.74) is 5.63. The molecule has 3 heteroatoms. The van der Waals surface area contributed by atoms with E-state index >= 15 is 0 Å². The van der Waals surface area contributed by atoms with Crippen LogP contribution in [0.1, 0.15) is 77.6 Å². The Hall–Kier alpha value is -0.830. The third-order valence-electron chi connectivity index (χ3n) is 4.34. The van der Waals surface area contributed by atoms with Crippen molar-refractivity contribution in [3.8, 4) is 0 Å². The van der Waals surface area contributed by atoms with Crippen LogP contribution in [0.15, 0.2) is 17.1 Å². The molecule has 1 heterocycles. The van der Waals surface area contributed by atoms with Gasteiger partial charge < -0.3 is 10.6 Å². The topological polar surface area (TPSA) is 41.6 Å². The number of nitrogens with zero attached hydrogens (tertiary/aromatic N) is 2. The zero-order chi connectivity index (χ0) is 15.9. The summed E-state index contributed by atoms with van der Waals surface area (Å²) in [7, 11) is 0. The highest BCUT2D eigenvalue weighted by atomic mass is 15.2. The fourth-order valence-electron chi connectivity index (χ4n) is 2.99. The highest BCUT2D eigenvalue weighted by molar-refractivity contribution is 5.83. The molecule has 0 aromatic heterocycles. The molecule has 1 aliphatic heterocycles. The van der Waals surface area contributed by atoms with E-state index in [9.17, 15) is 0 Å². The van der Waals surface area contributed by atoms with E-state index in [1.54, 1.807) is 0 Å². The van der Waals surface area contributed by atoms with Crippen molar-refractivity contribution in [3.05, 3.63) is 12.2 Å². The van der Waals surface area contributed by atoms with E-state index in [0.717, 1.165) is 32.6 Å². The Bertz CT molecular complexity index is 310. The predicted octanol–water partition coefficient (Wildman–Crippen LogP) is 4.53. The molecule has 0 atom stereocenters. The Labute approximate surface area is 138 Å². The molecule has 0 amide bonds. The average Bonchev–Trinajstić information content (AvgIpc) is 2.96. The van der Waals surface area contributed by atoms with E-state index in [0.29, 0.717) is 0 Å². The molecule has 2 N–H and O–H groups in total. The molecule has 0 aliphatic carbocycles. The molecule has 128 valence electrons. The molecule has 0 spiro atoms. The van der Waals surface area contributed by atoms with Crippen LogP contribution in [-0.2, 0) is 0 Å². The van der Waals surface area contributed by atoms with Gasteiger partial charge in [-0.15, -0.1) is 0 Å². The van der Waals surface area contributed by atoms with Crippen LogP contribution < -0.4 is 5.73 Å². The van der Waals surface area contributed by atoms with Crippen LogP contribution in [-0.4, -0.2) is 36.9 Å². The number of hydrogen-bond acceptors (Lipinski definition) is 3. The monoisotopic (exact) mass is 307 g/mol. The van der Waals surface area contributed by atoms with Crippen LogP contribution in [0.5, 0.6) is 0 Å². The largest absolute Gasteiger partial charge is 0.357 e. The van der Waals surface area contributed by atoms with Gasteiger partial charge in [0.05, 0.1) is 12.4 Å². The zero-order valence-electron chi connectivity index (χ0n) is 14.7. The molecule has 0 fully saturated rings. The van der Waals surface area contributed by atoms with Gasteiger partial charge in [0.1, 0.15) is 0 Å². The second-order valence-corrected chi connectivity index (χ2v) is 6.35. The van der Waals surface area contributed by atoms with Crippen molar-refractivity contribution < 1.29 is 0 Å². The molecule has 22 heavy (non-hydrogen) atoms. The van der Waals surface area contributed by atoms with Crippen molar-refractivity contribution in [2.75, 3.05) is 26.2 Å². The summed E-state index contributed by atoms with van der Waals surface area (Å²) >= 11 is 0. The van der Waals surface area contributed by atoms with Crippen LogP contribution >= 0.6 is 0 Å². The Kier molecular flexibility index (Phi) is 12.1. The van der Waals surface area contributed by atoms with Crippen molar-refractivity contribution in [1.82, 2.24) is 4.90 Å². The Morgan fingerprint density at radius 3 is 2.36 bits per heavy atom. The normalized spacial score (nSPS) is 15.0. The van der Waals surface area contributed by atoms with Gasteiger partial charge in [-0.1, -0.05) is 51.2 Å². The van der Waals surface area contributed by atoms with Crippen molar-refractivity contribution >= 4 is 5.84 Å². The first-order valence-corrected chi connectivity index (χ1v) is 9.51. The van der Waals surface area contributed by atoms with Crippen LogP contribution in [0.4, 0.5) is 0 Å². The van der Waals surface area contributed by atoms with Crippen molar-refractivity contribution in [2.24, 2.45) is 10.7 Å². The van der Waals surface area contributed by atoms with Gasteiger partial charge in [0, 0.05) is 26.1 Å². The third-order valence-corrected chi connectivity index (χ3v) is 4.34. The Morgan fingerprint density at radius 2 is 1.68 bits per heavy atom. The van der Waals surface area contributed by atoms with Crippen LogP contribution in [0, 0.1) is 0 Å². The van der Waals surface area contributed by atoms with Crippen LogP contribution in [0.2, 0.25) is 0 Å². The fraction of sp³-hybridized carbons (Fsp3) is 0.842. The van der Waals surface area contributed by atoms with Gasteiger partial charge >= 0.3 is 0 Å². The lowest BCUT2D eigenvalue weighted by atomic mass is 10.1. The minimum absolute atomic E-state index is 0.738. The lowest BCUT2D eigenvalue weighted by Crippen LogP contribution is -2.32. The molecule has 1 aliphatic rings. The van der Waals surface area contributed by atoms with Crippen molar-refractivity contribution in [3.63, 3.8) is 0 Å². The zero-order valence-corrected chi connectivity index (χ0v) is 14.7. The second-order valence-electron chi connectivity index (χ2n) is 6.35. The van der Waals surface area contributed by atoms with Crippen molar-refractivity contribution in [2.45, 2.75) is 77.6 Å². The van der Waals surface area contributed by atoms with Gasteiger partial charge in [0.2, 0.25) is 0 Å². The summed E-state index contributed by atoms with van der Waals surface area (Å²) in [4.78, 5) is 6.96. The molecule has 0 radical (unpaired) electrons. The van der Waals surface area contributed by atoms with E-state index in [2.05, 4.69) is 29.0 Å². The maximum Gasteiger partial charge on any atom is 0.0990 e. The molecule has 0 unspecified atom stereocenters. The summed E-state index contributed by atoms with van der Waals surface area (Å²) in [6, 6.07) is 0. The Morgan fingerprint density at radius 1 is 1.00 bits per heavy atom. The first kappa shape index (κ1) is 19.2. The molecule has 0 aromatic rings. The number of nitrogens with two attached hydrogens (primary N) is 1. The summed E-state index contributed by atoms with van der Waals surface area (Å²) in [5.74, 6) is 1.30. The molecule has 1 rings (SSSR count). The van der Waals surface area contributed by atoms with E-state index in [1.807, 2.05) is 0 Å². The maximum absolute atomic E-state index is 5.63. The maximum atomic E-state index is 5.63. The van der Waals surface area contributed by atoms with Gasteiger partial charge in [0.15, 0.2) is 0 Å². The number of unbranched alkanes of at least 4 members (excludes halogenated alkanes) is 8. The van der Waals surface area contributed by atoms with Gasteiger partial charge in [0.25, 0.3) is 0 Å². The van der Waals surface area contributed by atoms with Crippen LogP contribution in [0.3, 0.4) is 0 Å². The number of hydrogen-bond donors (Lipinski definition) is 1. The molecule has 0 bridgehead atoms. The van der Waals surface area contributed by atoms with Crippen molar-refractivity contribution in [1.29, 1.82) is 0 Å². The lowest BCUT2D eigenvalue weighted by molar-refractivity contribution is 0.456. The summed E-state index contributed by atoms with van der Waals surface area (Å²) in [5, 5.41) is 0. The number of rotatable bonds is 14. The average molecular weight is 308 g/mol. The number of aliphatic imine (C=N–C) groups is 1. The van der Waals surface area contributed by atoms with E-state index in [1.165, 1.54) is 70.0 Å². The fourth-order valence-corrected chi connectivity index (χ4v) is 2.99. The molecular formula is C19H37N3. The molecule has 0 saturated heterocycles. The standard InChI is InChI=1S/C19H37N3/c1-2-3-4-5-6-7-8-9-10-11-12-13-14-19-21-16-18-22(19)17-15-20/h8-9H,2-7,10-18,20H2,1H3/b9-8+. The molecule has 0 aromatic carbocycles. The second kappa shape index (κ2) is 13.8. The highest BCUT2D eigenvalue weighted by Gasteiger charge is 2.14. The quantitative estimate of drug-likeness (QED) is 0.378. The van der Waals surface area contributed by atoms with Gasteiger partial charge in [-0.3, -0.25) is 4.99 Å². The first-order chi connectivity index (χ1) is 10.9. The van der Waals surface area contributed by atoms with Gasteiger partial charge in [-0.25, -0.2) is 0 Å². The van der Waals surface area contributed by atoms with Crippen LogP contribution in [0.25, 0.3) is 0 Å². The molecular weight excluding hydrogens is 270 g/mol. The summed E-state index contributed by atoms with van der Waals surface area (Å²) < 4.78 is 0. The molecule has 3 nitrogen and oxygen atoms in total. The minimum Gasteiger partial charge on any atom is -0.357 e. The van der Waals surface area contributed by atoms with E-state index in [-0.39, 0.29) is 0 Å². The smallest absolute Gasteiger partial charge is 0.0990 e. The number of amidine groups is 1. The summed E-state index contributed by atoms with van der Waals surface area (Å²) in [6.45, 7) is 6.03. The van der Waals surface area contributed by atoms with E-state index in [4.69, 9.17) is 5.73 Å². The third kappa shape index (κ3) is 9.24. The SMILES string of the molecule is CCCCCCC/C=C/CCCCCC1=NCCN1CCN. The Balaban J connectivity index is 1.89. The molecule has 0 saturated carbocycles. The number of allylic oxidation sites excluding steroid dienone is 2. The highest BCUT2D eigenvalue weighted by Crippen LogP contribution is 2.11. The first-order valence-electron chi connectivity index (χ1n) is 9.51. The minimum atomic E-state index is 0.738.